The van der Waals surface area contributed by atoms with Gasteiger partial charge in [-0.2, -0.15) is 5.10 Å². The van der Waals surface area contributed by atoms with Crippen LogP contribution < -0.4 is 9.64 Å². The molecule has 1 aliphatic rings. The Morgan fingerprint density at radius 2 is 1.81 bits per heavy atom. The predicted octanol–water partition coefficient (Wildman–Crippen LogP) is 4.98. The molecule has 6 nitrogen and oxygen atoms in total. The minimum atomic E-state index is 0.0113. The molecule has 0 bridgehead atoms. The zero-order valence-corrected chi connectivity index (χ0v) is 20.0. The zero-order valence-electron chi connectivity index (χ0n) is 16.9. The normalized spacial score (nSPS) is 14.1. The van der Waals surface area contributed by atoms with Gasteiger partial charge in [-0.05, 0) is 28.1 Å². The molecular formula is C22H21BrCl2N4O2. The summed E-state index contributed by atoms with van der Waals surface area (Å²) in [7, 11) is 1.60. The summed E-state index contributed by atoms with van der Waals surface area (Å²) in [5.74, 6) is 0.657. The van der Waals surface area contributed by atoms with Crippen LogP contribution in [0.5, 0.6) is 5.75 Å². The highest BCUT2D eigenvalue weighted by atomic mass is 79.9. The maximum atomic E-state index is 13.0. The molecule has 0 spiro atoms. The number of benzene rings is 2. The van der Waals surface area contributed by atoms with Gasteiger partial charge in [0.15, 0.2) is 5.15 Å². The Morgan fingerprint density at radius 3 is 2.48 bits per heavy atom. The van der Waals surface area contributed by atoms with E-state index in [-0.39, 0.29) is 12.5 Å². The Hall–Kier alpha value is -2.22. The van der Waals surface area contributed by atoms with Crippen molar-refractivity contribution in [3.8, 4) is 17.0 Å². The molecule has 2 aromatic carbocycles. The molecule has 1 fully saturated rings. The van der Waals surface area contributed by atoms with E-state index >= 15 is 0 Å². The number of amides is 1. The third kappa shape index (κ3) is 4.68. The maximum absolute atomic E-state index is 13.0. The van der Waals surface area contributed by atoms with Crippen molar-refractivity contribution in [3.63, 3.8) is 0 Å². The van der Waals surface area contributed by atoms with Crippen molar-refractivity contribution in [3.05, 3.63) is 63.2 Å². The second-order valence-corrected chi connectivity index (χ2v) is 8.72. The Balaban J connectivity index is 1.44. The van der Waals surface area contributed by atoms with Gasteiger partial charge >= 0.3 is 0 Å². The Labute approximate surface area is 199 Å². The Kier molecular flexibility index (Phi) is 6.74. The number of nitrogens with zero attached hydrogens (tertiary/aromatic N) is 4. The maximum Gasteiger partial charge on any atom is 0.244 e. The van der Waals surface area contributed by atoms with Crippen LogP contribution in [0.15, 0.2) is 53.0 Å². The van der Waals surface area contributed by atoms with Crippen LogP contribution in [-0.4, -0.2) is 53.9 Å². The van der Waals surface area contributed by atoms with Crippen LogP contribution in [0.4, 0.5) is 5.69 Å². The first kappa shape index (κ1) is 22.0. The lowest BCUT2D eigenvalue weighted by Crippen LogP contribution is -2.49. The van der Waals surface area contributed by atoms with Gasteiger partial charge in [0.2, 0.25) is 5.91 Å². The second-order valence-electron chi connectivity index (χ2n) is 7.16. The second kappa shape index (κ2) is 9.51. The third-order valence-electron chi connectivity index (χ3n) is 5.32. The fraction of sp³-hybridized carbons (Fsp3) is 0.273. The van der Waals surface area contributed by atoms with Gasteiger partial charge in [0.1, 0.15) is 12.3 Å². The summed E-state index contributed by atoms with van der Waals surface area (Å²) in [6.45, 7) is 2.84. The van der Waals surface area contributed by atoms with Gasteiger partial charge in [-0.3, -0.25) is 9.48 Å². The van der Waals surface area contributed by atoms with Crippen LogP contribution in [0.3, 0.4) is 0 Å². The van der Waals surface area contributed by atoms with E-state index in [1.54, 1.807) is 11.8 Å². The molecule has 4 rings (SSSR count). The van der Waals surface area contributed by atoms with E-state index in [0.717, 1.165) is 30.0 Å². The van der Waals surface area contributed by atoms with Crippen LogP contribution in [0.1, 0.15) is 0 Å². The monoisotopic (exact) mass is 522 g/mol. The molecule has 1 aromatic heterocycles. The molecule has 1 saturated heterocycles. The topological polar surface area (TPSA) is 50.6 Å². The van der Waals surface area contributed by atoms with E-state index in [1.807, 2.05) is 53.4 Å². The summed E-state index contributed by atoms with van der Waals surface area (Å²) in [5.41, 5.74) is 2.77. The average molecular weight is 524 g/mol. The molecule has 1 amide bonds. The zero-order chi connectivity index (χ0) is 22.0. The molecule has 0 atom stereocenters. The SMILES string of the molecule is COc1cc(N2CCN(C(=O)Cn3nc(Cl)c(Br)c3-c3ccccc3)CC2)ccc1Cl. The van der Waals surface area contributed by atoms with Crippen molar-refractivity contribution in [2.24, 2.45) is 0 Å². The first-order valence-corrected chi connectivity index (χ1v) is 11.4. The first-order chi connectivity index (χ1) is 15.0. The standard InChI is InChI=1S/C22H21BrCl2N4O2/c1-31-18-13-16(7-8-17(18)24)27-9-11-28(12-10-27)19(30)14-29-21(20(23)22(25)26-29)15-5-3-2-4-6-15/h2-8,13H,9-12,14H2,1H3. The molecule has 0 saturated carbocycles. The van der Waals surface area contributed by atoms with E-state index in [9.17, 15) is 4.79 Å². The van der Waals surface area contributed by atoms with Gasteiger partial charge in [0.25, 0.3) is 0 Å². The average Bonchev–Trinajstić information content (AvgIpc) is 3.07. The van der Waals surface area contributed by atoms with Gasteiger partial charge in [-0.25, -0.2) is 0 Å². The fourth-order valence-electron chi connectivity index (χ4n) is 3.68. The highest BCUT2D eigenvalue weighted by Gasteiger charge is 2.24. The highest BCUT2D eigenvalue weighted by molar-refractivity contribution is 9.10. The van der Waals surface area contributed by atoms with Crippen LogP contribution >= 0.6 is 39.1 Å². The van der Waals surface area contributed by atoms with E-state index in [4.69, 9.17) is 27.9 Å². The molecular weight excluding hydrogens is 503 g/mol. The molecule has 31 heavy (non-hydrogen) atoms. The number of rotatable bonds is 5. The van der Waals surface area contributed by atoms with Gasteiger partial charge in [-0.1, -0.05) is 53.5 Å². The third-order valence-corrected chi connectivity index (χ3v) is 6.88. The molecule has 3 aromatic rings. The van der Waals surface area contributed by atoms with Gasteiger partial charge in [0, 0.05) is 43.5 Å². The largest absolute Gasteiger partial charge is 0.495 e. The van der Waals surface area contributed by atoms with Gasteiger partial charge in [0.05, 0.1) is 22.3 Å². The molecule has 0 unspecified atom stereocenters. The molecule has 9 heteroatoms. The molecule has 0 radical (unpaired) electrons. The van der Waals surface area contributed by atoms with Crippen molar-refractivity contribution in [2.45, 2.75) is 6.54 Å². The number of carbonyl (C=O) groups is 1. The lowest BCUT2D eigenvalue weighted by atomic mass is 10.1. The molecule has 1 aliphatic heterocycles. The van der Waals surface area contributed by atoms with Crippen molar-refractivity contribution in [1.29, 1.82) is 0 Å². The summed E-state index contributed by atoms with van der Waals surface area (Å²) < 4.78 is 7.67. The number of anilines is 1. The summed E-state index contributed by atoms with van der Waals surface area (Å²) in [6, 6.07) is 15.5. The summed E-state index contributed by atoms with van der Waals surface area (Å²) in [6.07, 6.45) is 0. The van der Waals surface area contributed by atoms with Gasteiger partial charge < -0.3 is 14.5 Å². The minimum Gasteiger partial charge on any atom is -0.495 e. The number of methoxy groups -OCH3 is 1. The fourth-order valence-corrected chi connectivity index (χ4v) is 4.57. The highest BCUT2D eigenvalue weighted by Crippen LogP contribution is 2.34. The summed E-state index contributed by atoms with van der Waals surface area (Å²) in [4.78, 5) is 17.1. The smallest absolute Gasteiger partial charge is 0.244 e. The van der Waals surface area contributed by atoms with Gasteiger partial charge in [-0.15, -0.1) is 0 Å². The van der Waals surface area contributed by atoms with E-state index < -0.39 is 0 Å². The van der Waals surface area contributed by atoms with Crippen LogP contribution in [0.25, 0.3) is 11.3 Å². The van der Waals surface area contributed by atoms with Crippen molar-refractivity contribution >= 4 is 50.7 Å². The van der Waals surface area contributed by atoms with Crippen LogP contribution in [-0.2, 0) is 11.3 Å². The predicted molar refractivity (Wildman–Crippen MR) is 127 cm³/mol. The van der Waals surface area contributed by atoms with E-state index in [1.165, 1.54) is 0 Å². The number of halogens is 3. The first-order valence-electron chi connectivity index (χ1n) is 9.81. The number of aromatic nitrogens is 2. The number of hydrogen-bond donors (Lipinski definition) is 0. The van der Waals surface area contributed by atoms with Crippen molar-refractivity contribution in [2.75, 3.05) is 38.2 Å². The summed E-state index contributed by atoms with van der Waals surface area (Å²) in [5, 5.41) is 5.28. The molecule has 0 N–H and O–H groups in total. The minimum absolute atomic E-state index is 0.0113. The molecule has 0 aliphatic carbocycles. The number of piperazine rings is 1. The van der Waals surface area contributed by atoms with E-state index in [2.05, 4.69) is 25.9 Å². The number of hydrogen-bond acceptors (Lipinski definition) is 4. The lowest BCUT2D eigenvalue weighted by molar-refractivity contribution is -0.132. The van der Waals surface area contributed by atoms with E-state index in [0.29, 0.717) is 33.5 Å². The quantitative estimate of drug-likeness (QED) is 0.473. The van der Waals surface area contributed by atoms with Crippen molar-refractivity contribution < 1.29 is 9.53 Å². The Morgan fingerprint density at radius 1 is 1.10 bits per heavy atom. The van der Waals surface area contributed by atoms with Crippen LogP contribution in [0, 0.1) is 0 Å². The van der Waals surface area contributed by atoms with Crippen LogP contribution in [0.2, 0.25) is 10.2 Å². The van der Waals surface area contributed by atoms with Crippen molar-refractivity contribution in [1.82, 2.24) is 14.7 Å². The lowest BCUT2D eigenvalue weighted by Gasteiger charge is -2.36. The molecule has 162 valence electrons. The Bertz CT molecular complexity index is 1080. The summed E-state index contributed by atoms with van der Waals surface area (Å²) >= 11 is 15.9. The number of ether oxygens (including phenoxy) is 1. The number of carbonyl (C=O) groups excluding carboxylic acids is 1. The molecule has 2 heterocycles.